The molecule has 1 amide bonds. The Hall–Kier alpha value is -1.62. The van der Waals surface area contributed by atoms with E-state index in [4.69, 9.17) is 44.3 Å². The van der Waals surface area contributed by atoms with Crippen LogP contribution in [0.4, 0.5) is 0 Å². The molecule has 0 saturated heterocycles. The second kappa shape index (κ2) is 8.47. The molecule has 0 unspecified atom stereocenters. The smallest absolute Gasteiger partial charge is 0.260 e. The molecule has 24 heavy (non-hydrogen) atoms. The van der Waals surface area contributed by atoms with Gasteiger partial charge in [0.05, 0.1) is 22.2 Å². The molecule has 0 N–H and O–H groups in total. The van der Waals surface area contributed by atoms with Crippen LogP contribution >= 0.6 is 34.8 Å². The second-order valence-electron chi connectivity index (χ2n) is 5.05. The lowest BCUT2D eigenvalue weighted by Gasteiger charge is -2.19. The summed E-state index contributed by atoms with van der Waals surface area (Å²) in [5.74, 6) is 0.832. The zero-order valence-corrected chi connectivity index (χ0v) is 15.5. The number of ether oxygens (including phenoxy) is 2. The van der Waals surface area contributed by atoms with Crippen molar-refractivity contribution >= 4 is 40.7 Å². The number of nitrogens with zero attached hydrogens (tertiary/aromatic N) is 1. The van der Waals surface area contributed by atoms with Gasteiger partial charge in [0.25, 0.3) is 5.91 Å². The third-order valence-electron chi connectivity index (χ3n) is 3.35. The Bertz CT molecular complexity index is 737. The van der Waals surface area contributed by atoms with Crippen LogP contribution in [0.2, 0.25) is 15.1 Å². The van der Waals surface area contributed by atoms with Gasteiger partial charge in [-0.3, -0.25) is 4.79 Å². The van der Waals surface area contributed by atoms with Gasteiger partial charge in [0.15, 0.2) is 6.61 Å². The van der Waals surface area contributed by atoms with Crippen molar-refractivity contribution in [1.29, 1.82) is 0 Å². The predicted molar refractivity (Wildman–Crippen MR) is 96.4 cm³/mol. The lowest BCUT2D eigenvalue weighted by atomic mass is 10.2. The van der Waals surface area contributed by atoms with Gasteiger partial charge in [-0.15, -0.1) is 0 Å². The number of halogens is 3. The summed E-state index contributed by atoms with van der Waals surface area (Å²) in [7, 11) is 3.28. The number of methoxy groups -OCH3 is 1. The van der Waals surface area contributed by atoms with Gasteiger partial charge < -0.3 is 14.4 Å². The quantitative estimate of drug-likeness (QED) is 0.674. The molecule has 0 aliphatic heterocycles. The summed E-state index contributed by atoms with van der Waals surface area (Å²) in [6.45, 7) is 0.241. The molecular formula is C17H16Cl3NO3. The van der Waals surface area contributed by atoms with E-state index in [1.807, 2.05) is 24.3 Å². The van der Waals surface area contributed by atoms with Crippen molar-refractivity contribution in [3.05, 3.63) is 57.0 Å². The average Bonchev–Trinajstić information content (AvgIpc) is 2.57. The molecule has 7 heteroatoms. The first kappa shape index (κ1) is 18.7. The molecule has 2 rings (SSSR count). The zero-order valence-electron chi connectivity index (χ0n) is 13.2. The van der Waals surface area contributed by atoms with Crippen LogP contribution in [-0.2, 0) is 11.3 Å². The number of amides is 1. The molecule has 0 aromatic heterocycles. The number of carbonyl (C=O) groups excluding carboxylic acids is 1. The first-order valence-electron chi connectivity index (χ1n) is 7.05. The largest absolute Gasteiger partial charge is 0.496 e. The van der Waals surface area contributed by atoms with Crippen LogP contribution in [0.25, 0.3) is 0 Å². The Balaban J connectivity index is 1.98. The Morgan fingerprint density at radius 1 is 1.04 bits per heavy atom. The first-order valence-corrected chi connectivity index (χ1v) is 8.19. The molecule has 128 valence electrons. The Morgan fingerprint density at radius 2 is 1.71 bits per heavy atom. The molecule has 0 saturated carbocycles. The average molecular weight is 389 g/mol. The van der Waals surface area contributed by atoms with Gasteiger partial charge >= 0.3 is 0 Å². The Labute approximate surface area is 155 Å². The summed E-state index contributed by atoms with van der Waals surface area (Å²) in [5, 5.41) is 0.934. The second-order valence-corrected chi connectivity index (χ2v) is 6.27. The number of hydrogen-bond acceptors (Lipinski definition) is 3. The van der Waals surface area contributed by atoms with E-state index in [1.165, 1.54) is 12.1 Å². The van der Waals surface area contributed by atoms with E-state index in [0.29, 0.717) is 27.4 Å². The highest BCUT2D eigenvalue weighted by molar-refractivity contribution is 6.43. The van der Waals surface area contributed by atoms with Gasteiger partial charge in [-0.1, -0.05) is 53.0 Å². The van der Waals surface area contributed by atoms with Crippen LogP contribution in [0.3, 0.4) is 0 Å². The van der Waals surface area contributed by atoms with E-state index < -0.39 is 0 Å². The van der Waals surface area contributed by atoms with Crippen molar-refractivity contribution in [3.63, 3.8) is 0 Å². The van der Waals surface area contributed by atoms with Gasteiger partial charge in [0, 0.05) is 25.2 Å². The van der Waals surface area contributed by atoms with Gasteiger partial charge in [-0.05, 0) is 12.1 Å². The SMILES string of the molecule is COc1ccccc1CN(C)C(=O)COc1cc(Cl)c(Cl)cc1Cl. The van der Waals surface area contributed by atoms with Crippen molar-refractivity contribution < 1.29 is 14.3 Å². The third kappa shape index (κ3) is 4.69. The van der Waals surface area contributed by atoms with Crippen molar-refractivity contribution in [2.24, 2.45) is 0 Å². The number of benzene rings is 2. The fourth-order valence-corrected chi connectivity index (χ4v) is 2.63. The minimum absolute atomic E-state index is 0.163. The molecule has 0 radical (unpaired) electrons. The fourth-order valence-electron chi connectivity index (χ4n) is 2.04. The van der Waals surface area contributed by atoms with Crippen LogP contribution in [0.15, 0.2) is 36.4 Å². The molecule has 0 spiro atoms. The minimum atomic E-state index is -0.206. The van der Waals surface area contributed by atoms with Crippen molar-refractivity contribution in [2.45, 2.75) is 6.54 Å². The van der Waals surface area contributed by atoms with Crippen molar-refractivity contribution in [1.82, 2.24) is 4.90 Å². The summed E-state index contributed by atoms with van der Waals surface area (Å²) in [4.78, 5) is 13.8. The van der Waals surface area contributed by atoms with E-state index in [-0.39, 0.29) is 12.5 Å². The van der Waals surface area contributed by atoms with E-state index >= 15 is 0 Å². The van der Waals surface area contributed by atoms with Gasteiger partial charge in [-0.2, -0.15) is 0 Å². The predicted octanol–water partition coefficient (Wildman–Crippen LogP) is 4.69. The molecule has 0 atom stereocenters. The van der Waals surface area contributed by atoms with Crippen molar-refractivity contribution in [3.8, 4) is 11.5 Å². The molecule has 0 bridgehead atoms. The molecule has 0 aliphatic carbocycles. The third-order valence-corrected chi connectivity index (χ3v) is 4.37. The Morgan fingerprint density at radius 3 is 2.42 bits per heavy atom. The highest BCUT2D eigenvalue weighted by Crippen LogP contribution is 2.33. The summed E-state index contributed by atoms with van der Waals surface area (Å²) in [5.41, 5.74) is 0.906. The molecule has 0 fully saturated rings. The van der Waals surface area contributed by atoms with Crippen LogP contribution in [0, 0.1) is 0 Å². The van der Waals surface area contributed by atoms with Crippen molar-refractivity contribution in [2.75, 3.05) is 20.8 Å². The molecule has 0 heterocycles. The zero-order chi connectivity index (χ0) is 17.7. The number of likely N-dealkylation sites (N-methyl/N-ethyl adjacent to an activating group) is 1. The molecule has 4 nitrogen and oxygen atoms in total. The number of rotatable bonds is 6. The van der Waals surface area contributed by atoms with E-state index in [2.05, 4.69) is 0 Å². The molecular weight excluding hydrogens is 373 g/mol. The number of hydrogen-bond donors (Lipinski definition) is 0. The summed E-state index contributed by atoms with van der Waals surface area (Å²) in [6.07, 6.45) is 0. The standard InChI is InChI=1S/C17H16Cl3NO3/c1-21(9-11-5-3-4-6-15(11)23-2)17(22)10-24-16-8-13(19)12(18)7-14(16)20/h3-8H,9-10H2,1-2H3. The normalized spacial score (nSPS) is 10.4. The monoisotopic (exact) mass is 387 g/mol. The fraction of sp³-hybridized carbons (Fsp3) is 0.235. The lowest BCUT2D eigenvalue weighted by molar-refractivity contribution is -0.132. The van der Waals surface area contributed by atoms with Crippen LogP contribution < -0.4 is 9.47 Å². The highest BCUT2D eigenvalue weighted by Gasteiger charge is 2.14. The topological polar surface area (TPSA) is 38.8 Å². The minimum Gasteiger partial charge on any atom is -0.496 e. The van der Waals surface area contributed by atoms with Gasteiger partial charge in [0.1, 0.15) is 11.5 Å². The maximum Gasteiger partial charge on any atom is 0.260 e. The number of para-hydroxylation sites is 1. The highest BCUT2D eigenvalue weighted by atomic mass is 35.5. The van der Waals surface area contributed by atoms with E-state index in [9.17, 15) is 4.79 Å². The maximum absolute atomic E-state index is 12.2. The first-order chi connectivity index (χ1) is 11.4. The Kier molecular flexibility index (Phi) is 6.60. The van der Waals surface area contributed by atoms with Crippen LogP contribution in [0.1, 0.15) is 5.56 Å². The van der Waals surface area contributed by atoms with Crippen LogP contribution in [-0.4, -0.2) is 31.6 Å². The molecule has 2 aromatic carbocycles. The van der Waals surface area contributed by atoms with E-state index in [1.54, 1.807) is 19.1 Å². The van der Waals surface area contributed by atoms with E-state index in [0.717, 1.165) is 11.3 Å². The molecule has 2 aromatic rings. The van der Waals surface area contributed by atoms with Gasteiger partial charge in [0.2, 0.25) is 0 Å². The maximum atomic E-state index is 12.2. The molecule has 0 aliphatic rings. The summed E-state index contributed by atoms with van der Waals surface area (Å²) in [6, 6.07) is 10.5. The summed E-state index contributed by atoms with van der Waals surface area (Å²) >= 11 is 17.8. The van der Waals surface area contributed by atoms with Crippen LogP contribution in [0.5, 0.6) is 11.5 Å². The summed E-state index contributed by atoms with van der Waals surface area (Å²) < 4.78 is 10.7. The lowest BCUT2D eigenvalue weighted by Crippen LogP contribution is -2.31. The van der Waals surface area contributed by atoms with Gasteiger partial charge in [-0.25, -0.2) is 0 Å². The number of carbonyl (C=O) groups is 1.